The van der Waals surface area contributed by atoms with E-state index in [1.54, 1.807) is 25.3 Å². The summed E-state index contributed by atoms with van der Waals surface area (Å²) in [5.74, 6) is 0.357. The van der Waals surface area contributed by atoms with E-state index in [1.807, 2.05) is 12.1 Å². The lowest BCUT2D eigenvalue weighted by Crippen LogP contribution is -2.40. The van der Waals surface area contributed by atoms with Crippen molar-refractivity contribution in [3.8, 4) is 0 Å². The summed E-state index contributed by atoms with van der Waals surface area (Å²) in [5, 5.41) is 3.79. The molecule has 2 aromatic heterocycles. The Morgan fingerprint density at radius 3 is 2.82 bits per heavy atom. The van der Waals surface area contributed by atoms with E-state index in [-0.39, 0.29) is 17.8 Å². The third-order valence-corrected chi connectivity index (χ3v) is 5.37. The van der Waals surface area contributed by atoms with Crippen LogP contribution in [-0.2, 0) is 0 Å². The fraction of sp³-hybridized carbons (Fsp3) is 0.364. The molecule has 1 atom stereocenters. The minimum absolute atomic E-state index is 0.0158. The molecule has 1 amide bonds. The summed E-state index contributed by atoms with van der Waals surface area (Å²) in [6.07, 6.45) is 5.24. The number of piperidine rings is 1. The quantitative estimate of drug-likeness (QED) is 0.718. The van der Waals surface area contributed by atoms with E-state index in [2.05, 4.69) is 15.2 Å². The summed E-state index contributed by atoms with van der Waals surface area (Å²) >= 11 is 0. The molecule has 146 valence electrons. The van der Waals surface area contributed by atoms with Crippen LogP contribution >= 0.6 is 0 Å². The zero-order valence-corrected chi connectivity index (χ0v) is 16.0. The second kappa shape index (κ2) is 8.10. The Bertz CT molecular complexity index is 965. The summed E-state index contributed by atoms with van der Waals surface area (Å²) in [4.78, 5) is 19.6. The number of furan rings is 1. The van der Waals surface area contributed by atoms with Crippen LogP contribution in [0.5, 0.6) is 0 Å². The zero-order valence-electron chi connectivity index (χ0n) is 16.0. The molecule has 28 heavy (non-hydrogen) atoms. The lowest BCUT2D eigenvalue weighted by Gasteiger charge is -2.33. The summed E-state index contributed by atoms with van der Waals surface area (Å²) in [5.41, 5.74) is 1.65. The van der Waals surface area contributed by atoms with Gasteiger partial charge in [-0.25, -0.2) is 4.39 Å². The third-order valence-electron chi connectivity index (χ3n) is 5.37. The summed E-state index contributed by atoms with van der Waals surface area (Å²) in [6.45, 7) is 4.24. The number of pyridine rings is 1. The molecule has 1 aliphatic rings. The van der Waals surface area contributed by atoms with Gasteiger partial charge < -0.3 is 9.73 Å². The Kier molecular flexibility index (Phi) is 5.39. The van der Waals surface area contributed by atoms with Gasteiger partial charge in [-0.3, -0.25) is 14.7 Å². The van der Waals surface area contributed by atoms with Crippen molar-refractivity contribution in [1.29, 1.82) is 0 Å². The van der Waals surface area contributed by atoms with Crippen LogP contribution in [0, 0.1) is 12.7 Å². The largest absolute Gasteiger partial charge is 0.468 e. The number of hydrogen-bond donors (Lipinski definition) is 1. The molecule has 1 fully saturated rings. The normalized spacial score (nSPS) is 16.2. The Hall–Kier alpha value is -2.73. The highest BCUT2D eigenvalue weighted by Gasteiger charge is 2.25. The Balaban J connectivity index is 1.52. The van der Waals surface area contributed by atoms with Gasteiger partial charge in [-0.05, 0) is 63.2 Å². The predicted molar refractivity (Wildman–Crippen MR) is 106 cm³/mol. The predicted octanol–water partition coefficient (Wildman–Crippen LogP) is 4.23. The van der Waals surface area contributed by atoms with E-state index in [4.69, 9.17) is 4.42 Å². The first-order chi connectivity index (χ1) is 13.6. The molecule has 0 radical (unpaired) electrons. The van der Waals surface area contributed by atoms with Gasteiger partial charge in [-0.15, -0.1) is 0 Å². The van der Waals surface area contributed by atoms with Gasteiger partial charge in [0.15, 0.2) is 0 Å². The molecule has 4 rings (SSSR count). The molecule has 0 saturated carbocycles. The zero-order chi connectivity index (χ0) is 19.5. The van der Waals surface area contributed by atoms with Gasteiger partial charge in [0.2, 0.25) is 0 Å². The second-order valence-corrected chi connectivity index (χ2v) is 7.30. The maximum atomic E-state index is 13.4. The highest BCUT2D eigenvalue weighted by Crippen LogP contribution is 2.25. The number of nitrogens with one attached hydrogen (secondary N) is 1. The molecule has 1 saturated heterocycles. The van der Waals surface area contributed by atoms with Crippen molar-refractivity contribution in [3.05, 3.63) is 65.5 Å². The van der Waals surface area contributed by atoms with E-state index in [1.165, 1.54) is 18.6 Å². The van der Waals surface area contributed by atoms with Gasteiger partial charge in [0.05, 0.1) is 29.1 Å². The molecule has 1 aliphatic heterocycles. The first-order valence-electron chi connectivity index (χ1n) is 9.74. The highest BCUT2D eigenvalue weighted by atomic mass is 19.1. The third kappa shape index (κ3) is 3.92. The van der Waals surface area contributed by atoms with E-state index in [9.17, 15) is 9.18 Å². The van der Waals surface area contributed by atoms with Gasteiger partial charge in [0.1, 0.15) is 11.6 Å². The number of carbonyl (C=O) groups is 1. The van der Waals surface area contributed by atoms with Crippen molar-refractivity contribution in [2.45, 2.75) is 32.2 Å². The molecule has 1 aromatic carbocycles. The average molecular weight is 381 g/mol. The van der Waals surface area contributed by atoms with E-state index < -0.39 is 0 Å². The van der Waals surface area contributed by atoms with Gasteiger partial charge in [-0.1, -0.05) is 6.42 Å². The fourth-order valence-corrected chi connectivity index (χ4v) is 3.87. The topological polar surface area (TPSA) is 58.4 Å². The molecule has 6 heteroatoms. The minimum atomic E-state index is -0.334. The number of halogens is 1. The van der Waals surface area contributed by atoms with Crippen molar-refractivity contribution in [1.82, 2.24) is 15.2 Å². The first kappa shape index (κ1) is 18.6. The molecule has 0 aliphatic carbocycles. The molecular formula is C22H24FN3O2. The lowest BCUT2D eigenvalue weighted by molar-refractivity contribution is 0.0913. The number of benzene rings is 1. The molecule has 0 spiro atoms. The standard InChI is InChI=1S/C22H24FN3O2/c1-15-18(12-16-7-8-17(23)13-19(16)25-15)22(27)24-14-20(21-6-5-11-28-21)26-9-3-2-4-10-26/h5-8,11-13,20H,2-4,9-10,14H2,1H3,(H,24,27). The molecule has 1 unspecified atom stereocenters. The van der Waals surface area contributed by atoms with E-state index >= 15 is 0 Å². The number of nitrogens with zero attached hydrogens (tertiary/aromatic N) is 2. The Labute approximate surface area is 163 Å². The van der Waals surface area contributed by atoms with Crippen LogP contribution in [0.4, 0.5) is 4.39 Å². The van der Waals surface area contributed by atoms with Crippen LogP contribution in [0.25, 0.3) is 10.9 Å². The first-order valence-corrected chi connectivity index (χ1v) is 9.74. The minimum Gasteiger partial charge on any atom is -0.468 e. The van der Waals surface area contributed by atoms with Crippen molar-refractivity contribution < 1.29 is 13.6 Å². The second-order valence-electron chi connectivity index (χ2n) is 7.30. The van der Waals surface area contributed by atoms with Crippen molar-refractivity contribution >= 4 is 16.8 Å². The van der Waals surface area contributed by atoms with Crippen LogP contribution in [0.1, 0.15) is 47.1 Å². The lowest BCUT2D eigenvalue weighted by atomic mass is 10.1. The molecular weight excluding hydrogens is 357 g/mol. The number of aryl methyl sites for hydroxylation is 1. The number of carbonyl (C=O) groups excluding carboxylic acids is 1. The van der Waals surface area contributed by atoms with Crippen molar-refractivity contribution in [2.24, 2.45) is 0 Å². The summed E-state index contributed by atoms with van der Waals surface area (Å²) < 4.78 is 19.1. The average Bonchev–Trinajstić information content (AvgIpc) is 3.22. The SMILES string of the molecule is Cc1nc2cc(F)ccc2cc1C(=O)NCC(c1ccco1)N1CCCCC1. The summed E-state index contributed by atoms with van der Waals surface area (Å²) in [6, 6.07) is 10.0. The van der Waals surface area contributed by atoms with Gasteiger partial charge in [0, 0.05) is 18.0 Å². The number of likely N-dealkylation sites (tertiary alicyclic amines) is 1. The molecule has 0 bridgehead atoms. The van der Waals surface area contributed by atoms with Crippen LogP contribution in [-0.4, -0.2) is 35.4 Å². The number of aromatic nitrogens is 1. The number of fused-ring (bicyclic) bond motifs is 1. The number of hydrogen-bond acceptors (Lipinski definition) is 4. The maximum Gasteiger partial charge on any atom is 0.253 e. The van der Waals surface area contributed by atoms with Crippen molar-refractivity contribution in [3.63, 3.8) is 0 Å². The van der Waals surface area contributed by atoms with Crippen molar-refractivity contribution in [2.75, 3.05) is 19.6 Å². The molecule has 3 heterocycles. The molecule has 3 aromatic rings. The molecule has 5 nitrogen and oxygen atoms in total. The number of rotatable bonds is 5. The van der Waals surface area contributed by atoms with Gasteiger partial charge in [-0.2, -0.15) is 0 Å². The Morgan fingerprint density at radius 1 is 1.25 bits per heavy atom. The maximum absolute atomic E-state index is 13.4. The van der Waals surface area contributed by atoms with E-state index in [0.717, 1.165) is 37.1 Å². The smallest absolute Gasteiger partial charge is 0.253 e. The van der Waals surface area contributed by atoms with Gasteiger partial charge >= 0.3 is 0 Å². The highest BCUT2D eigenvalue weighted by molar-refractivity contribution is 5.98. The monoisotopic (exact) mass is 381 g/mol. The number of amides is 1. The van der Waals surface area contributed by atoms with Crippen LogP contribution < -0.4 is 5.32 Å². The van der Waals surface area contributed by atoms with Crippen LogP contribution in [0.3, 0.4) is 0 Å². The van der Waals surface area contributed by atoms with Gasteiger partial charge in [0.25, 0.3) is 5.91 Å². The van der Waals surface area contributed by atoms with E-state index in [0.29, 0.717) is 23.3 Å². The Morgan fingerprint density at radius 2 is 2.07 bits per heavy atom. The van der Waals surface area contributed by atoms with Crippen LogP contribution in [0.2, 0.25) is 0 Å². The van der Waals surface area contributed by atoms with Crippen LogP contribution in [0.15, 0.2) is 47.1 Å². The summed E-state index contributed by atoms with van der Waals surface area (Å²) in [7, 11) is 0. The fourth-order valence-electron chi connectivity index (χ4n) is 3.87. The molecule has 1 N–H and O–H groups in total.